The first-order chi connectivity index (χ1) is 20.9. The van der Waals surface area contributed by atoms with Crippen molar-refractivity contribution in [2.75, 3.05) is 0 Å². The van der Waals surface area contributed by atoms with Crippen LogP contribution < -0.4 is 0 Å². The number of hydrogen-bond acceptors (Lipinski definition) is 3. The molecule has 1 aromatic heterocycles. The van der Waals surface area contributed by atoms with Crippen LogP contribution in [0, 0.1) is 6.92 Å². The van der Waals surface area contributed by atoms with Gasteiger partial charge in [-0.2, -0.15) is 0 Å². The summed E-state index contributed by atoms with van der Waals surface area (Å²) in [6.07, 6.45) is 3.91. The van der Waals surface area contributed by atoms with Gasteiger partial charge in [0, 0.05) is 41.5 Å². The lowest BCUT2D eigenvalue weighted by Crippen LogP contribution is -2.17. The number of para-hydroxylation sites is 1. The summed E-state index contributed by atoms with van der Waals surface area (Å²) in [5, 5.41) is 1.14. The maximum absolute atomic E-state index is 6.38. The number of furan rings is 1. The molecule has 2 heterocycles. The zero-order valence-electron chi connectivity index (χ0n) is 24.4. The minimum absolute atomic E-state index is 0.108. The van der Waals surface area contributed by atoms with Crippen LogP contribution in [0.25, 0.3) is 38.8 Å². The molecule has 0 amide bonds. The lowest BCUT2D eigenvalue weighted by Gasteiger charge is -2.28. The molecule has 0 radical (unpaired) electrons. The summed E-state index contributed by atoms with van der Waals surface area (Å²) >= 11 is 3.82. The monoisotopic (exact) mass is 590 g/mol. The van der Waals surface area contributed by atoms with Gasteiger partial charge in [-0.15, -0.1) is 0 Å². The molecule has 208 valence electrons. The third kappa shape index (κ3) is 4.10. The van der Waals surface area contributed by atoms with Gasteiger partial charge in [-0.3, -0.25) is 0 Å². The van der Waals surface area contributed by atoms with Crippen molar-refractivity contribution in [1.82, 2.24) is 0 Å². The van der Waals surface area contributed by atoms with Crippen LogP contribution in [-0.2, 0) is 5.41 Å². The van der Waals surface area contributed by atoms with Crippen LogP contribution in [0.15, 0.2) is 146 Å². The van der Waals surface area contributed by atoms with E-state index in [9.17, 15) is 0 Å². The first-order valence-electron chi connectivity index (χ1n) is 14.6. The van der Waals surface area contributed by atoms with Crippen LogP contribution in [0.1, 0.15) is 41.9 Å². The number of fused-ring (bicyclic) bond motifs is 7. The van der Waals surface area contributed by atoms with Gasteiger partial charge < -0.3 is 4.42 Å². The molecule has 3 heteroatoms. The Morgan fingerprint density at radius 3 is 2.30 bits per heavy atom. The van der Waals surface area contributed by atoms with Crippen LogP contribution in [0.2, 0.25) is 0 Å². The lowest BCUT2D eigenvalue weighted by atomic mass is 9.81. The van der Waals surface area contributed by atoms with Crippen LogP contribution >= 0.6 is 23.5 Å². The Kier molecular flexibility index (Phi) is 6.11. The Hall–Kier alpha value is -4.18. The molecule has 0 fully saturated rings. The highest BCUT2D eigenvalue weighted by Crippen LogP contribution is 2.58. The van der Waals surface area contributed by atoms with E-state index in [0.717, 1.165) is 33.4 Å². The predicted octanol–water partition coefficient (Wildman–Crippen LogP) is 11.9. The van der Waals surface area contributed by atoms with E-state index in [1.165, 1.54) is 53.0 Å². The first-order valence-corrected chi connectivity index (χ1v) is 16.3. The molecular weight excluding hydrogens is 561 g/mol. The third-order valence-electron chi connectivity index (χ3n) is 8.89. The number of benzene rings is 5. The summed E-state index contributed by atoms with van der Waals surface area (Å²) in [5.41, 5.74) is 12.1. The first kappa shape index (κ1) is 26.4. The van der Waals surface area contributed by atoms with E-state index in [0.29, 0.717) is 0 Å². The van der Waals surface area contributed by atoms with Crippen LogP contribution in [0.4, 0.5) is 0 Å². The normalized spacial score (nSPS) is 14.6. The molecule has 6 aromatic rings. The Bertz CT molecular complexity index is 2140. The van der Waals surface area contributed by atoms with E-state index in [1.54, 1.807) is 0 Å². The average molecular weight is 591 g/mol. The second kappa shape index (κ2) is 9.94. The molecule has 0 spiro atoms. The highest BCUT2D eigenvalue weighted by Gasteiger charge is 2.39. The van der Waals surface area contributed by atoms with Crippen molar-refractivity contribution in [2.45, 2.75) is 45.8 Å². The van der Waals surface area contributed by atoms with Gasteiger partial charge in [0.2, 0.25) is 0 Å². The summed E-state index contributed by atoms with van der Waals surface area (Å²) in [6, 6.07) is 37.5. The summed E-state index contributed by atoms with van der Waals surface area (Å²) in [5.74, 6) is 0.894. The molecule has 5 aromatic carbocycles. The zero-order valence-corrected chi connectivity index (χ0v) is 26.0. The standard InChI is InChI=1S/C40H30OS2/c1-5-11-29(38-24(2)28-14-6-7-15-33(28)41-38)27-13-10-12-25(22-27)26-18-19-30-31-20-21-36-39(37(31)40(3,4)32(30)23-26)43-35-17-9-8-16-34(35)42-36/h5-23H,1H2,2-4H3/b29-11-. The molecule has 8 rings (SSSR count). The molecule has 43 heavy (non-hydrogen) atoms. The van der Waals surface area contributed by atoms with Crippen molar-refractivity contribution < 1.29 is 4.42 Å². The fourth-order valence-corrected chi connectivity index (χ4v) is 9.32. The van der Waals surface area contributed by atoms with Gasteiger partial charge >= 0.3 is 0 Å². The van der Waals surface area contributed by atoms with Crippen molar-refractivity contribution in [3.8, 4) is 22.3 Å². The van der Waals surface area contributed by atoms with E-state index in [4.69, 9.17) is 4.42 Å². The molecule has 1 aliphatic heterocycles. The third-order valence-corrected chi connectivity index (χ3v) is 11.5. The minimum atomic E-state index is -0.108. The quantitative estimate of drug-likeness (QED) is 0.189. The number of aryl methyl sites for hydroxylation is 1. The average Bonchev–Trinajstić information content (AvgIpc) is 3.49. The molecule has 0 saturated heterocycles. The highest BCUT2D eigenvalue weighted by molar-refractivity contribution is 8.05. The SMILES string of the molecule is C=C/C=C(/c1cccc(-c2ccc3c(c2)C(C)(C)c2c-3ccc3c2Sc2ccccc2S3)c1)c1oc2ccccc2c1C. The zero-order chi connectivity index (χ0) is 29.3. The van der Waals surface area contributed by atoms with Crippen LogP contribution in [0.3, 0.4) is 0 Å². The van der Waals surface area contributed by atoms with E-state index in [-0.39, 0.29) is 5.41 Å². The fourth-order valence-electron chi connectivity index (χ4n) is 6.77. The summed E-state index contributed by atoms with van der Waals surface area (Å²) in [7, 11) is 0. The van der Waals surface area contributed by atoms with Crippen molar-refractivity contribution >= 4 is 40.1 Å². The molecule has 0 atom stereocenters. The van der Waals surface area contributed by atoms with E-state index < -0.39 is 0 Å². The van der Waals surface area contributed by atoms with Crippen molar-refractivity contribution in [2.24, 2.45) is 0 Å². The maximum atomic E-state index is 6.38. The molecule has 0 N–H and O–H groups in total. The molecule has 1 nitrogen and oxygen atoms in total. The topological polar surface area (TPSA) is 13.1 Å². The number of allylic oxidation sites excluding steroid dienone is 2. The number of hydrogen-bond donors (Lipinski definition) is 0. The Morgan fingerprint density at radius 1 is 0.744 bits per heavy atom. The van der Waals surface area contributed by atoms with Crippen LogP contribution in [-0.4, -0.2) is 0 Å². The molecule has 0 bridgehead atoms. The van der Waals surface area contributed by atoms with Crippen molar-refractivity contribution in [3.05, 3.63) is 150 Å². The maximum Gasteiger partial charge on any atom is 0.138 e. The Morgan fingerprint density at radius 2 is 1.49 bits per heavy atom. The Labute approximate surface area is 261 Å². The highest BCUT2D eigenvalue weighted by atomic mass is 32.2. The lowest BCUT2D eigenvalue weighted by molar-refractivity contribution is 0.597. The van der Waals surface area contributed by atoms with Crippen LogP contribution in [0.5, 0.6) is 0 Å². The fraction of sp³-hybridized carbons (Fsp3) is 0.100. The van der Waals surface area contributed by atoms with Gasteiger partial charge in [-0.25, -0.2) is 0 Å². The van der Waals surface area contributed by atoms with Gasteiger partial charge in [-0.05, 0) is 82.3 Å². The molecule has 0 saturated carbocycles. The summed E-state index contributed by atoms with van der Waals surface area (Å²) < 4.78 is 6.38. The van der Waals surface area contributed by atoms with Gasteiger partial charge in [0.15, 0.2) is 0 Å². The van der Waals surface area contributed by atoms with E-state index >= 15 is 0 Å². The molecular formula is C40H30OS2. The predicted molar refractivity (Wildman–Crippen MR) is 182 cm³/mol. The van der Waals surface area contributed by atoms with Gasteiger partial charge in [0.25, 0.3) is 0 Å². The second-order valence-corrected chi connectivity index (χ2v) is 13.9. The van der Waals surface area contributed by atoms with E-state index in [2.05, 4.69) is 124 Å². The Balaban J connectivity index is 1.20. The molecule has 2 aliphatic rings. The summed E-state index contributed by atoms with van der Waals surface area (Å²) in [4.78, 5) is 5.46. The largest absolute Gasteiger partial charge is 0.456 e. The van der Waals surface area contributed by atoms with Gasteiger partial charge in [-0.1, -0.05) is 123 Å². The van der Waals surface area contributed by atoms with Crippen molar-refractivity contribution in [3.63, 3.8) is 0 Å². The van der Waals surface area contributed by atoms with Crippen molar-refractivity contribution in [1.29, 1.82) is 0 Å². The number of rotatable bonds is 4. The van der Waals surface area contributed by atoms with Gasteiger partial charge in [0.05, 0.1) is 0 Å². The molecule has 0 unspecified atom stereocenters. The second-order valence-electron chi connectivity index (χ2n) is 11.8. The smallest absolute Gasteiger partial charge is 0.138 e. The molecule has 1 aliphatic carbocycles. The minimum Gasteiger partial charge on any atom is -0.456 e. The van der Waals surface area contributed by atoms with E-state index in [1.807, 2.05) is 41.7 Å². The summed E-state index contributed by atoms with van der Waals surface area (Å²) in [6.45, 7) is 10.9. The van der Waals surface area contributed by atoms with Gasteiger partial charge in [0.1, 0.15) is 11.3 Å².